The minimum atomic E-state index is -3.84. The van der Waals surface area contributed by atoms with Crippen LogP contribution in [0.25, 0.3) is 22.4 Å². The van der Waals surface area contributed by atoms with Gasteiger partial charge in [0.2, 0.25) is 15.0 Å². The van der Waals surface area contributed by atoms with E-state index in [1.165, 1.54) is 28.8 Å². The minimum absolute atomic E-state index is 0.0735. The summed E-state index contributed by atoms with van der Waals surface area (Å²) < 4.78 is 30.0. The Balaban J connectivity index is 1.35. The molecule has 5 aromatic rings. The van der Waals surface area contributed by atoms with E-state index in [-0.39, 0.29) is 17.1 Å². The zero-order valence-corrected chi connectivity index (χ0v) is 21.6. The molecule has 0 unspecified atom stereocenters. The molecule has 0 saturated heterocycles. The fraction of sp³-hybridized carbons (Fsp3) is 0.0417. The Morgan fingerprint density at radius 2 is 1.87 bits per heavy atom. The van der Waals surface area contributed by atoms with Crippen molar-refractivity contribution in [3.8, 4) is 17.1 Å². The van der Waals surface area contributed by atoms with Crippen molar-refractivity contribution in [3.05, 3.63) is 92.5 Å². The van der Waals surface area contributed by atoms with E-state index in [1.54, 1.807) is 48.8 Å². The molecule has 5 rings (SSSR count). The second-order valence-corrected chi connectivity index (χ2v) is 10.9. The maximum atomic E-state index is 13.0. The molecule has 0 radical (unpaired) electrons. The number of pyridine rings is 1. The number of carbonyl (C=O) groups excluding carboxylic acids is 1. The van der Waals surface area contributed by atoms with Gasteiger partial charge in [-0.05, 0) is 60.7 Å². The van der Waals surface area contributed by atoms with Crippen LogP contribution in [-0.4, -0.2) is 40.5 Å². The first kappa shape index (κ1) is 25.5. The number of aromatic nitrogens is 4. The third-order valence-electron chi connectivity index (χ3n) is 5.20. The molecule has 3 N–H and O–H groups in total. The molecule has 0 aliphatic carbocycles. The quantitative estimate of drug-likeness (QED) is 0.302. The number of rotatable bonds is 7. The number of ether oxygens (including phenoxy) is 1. The van der Waals surface area contributed by atoms with Gasteiger partial charge in [-0.15, -0.1) is 5.10 Å². The molecule has 0 fully saturated rings. The van der Waals surface area contributed by atoms with E-state index in [9.17, 15) is 18.0 Å². The summed E-state index contributed by atoms with van der Waals surface area (Å²) in [4.78, 5) is 34.1. The largest absolute Gasteiger partial charge is 0.483 e. The van der Waals surface area contributed by atoms with Crippen LogP contribution in [0.2, 0.25) is 5.02 Å². The molecule has 0 aliphatic rings. The number of primary sulfonamides is 1. The van der Waals surface area contributed by atoms with E-state index < -0.39 is 15.9 Å². The summed E-state index contributed by atoms with van der Waals surface area (Å²) >= 11 is 7.32. The van der Waals surface area contributed by atoms with E-state index >= 15 is 0 Å². The molecule has 14 heteroatoms. The number of benzene rings is 2. The van der Waals surface area contributed by atoms with Gasteiger partial charge in [0.25, 0.3) is 11.5 Å². The van der Waals surface area contributed by atoms with E-state index in [4.69, 9.17) is 21.5 Å². The van der Waals surface area contributed by atoms with Crippen LogP contribution in [0.3, 0.4) is 0 Å². The van der Waals surface area contributed by atoms with Gasteiger partial charge < -0.3 is 10.1 Å². The third-order valence-corrected chi connectivity index (χ3v) is 7.33. The summed E-state index contributed by atoms with van der Waals surface area (Å²) in [6, 6.07) is 13.7. The standard InChI is InChI=1S/C24H17ClN6O5S2/c25-16-1-6-19(36-13-21(32)28-17-2-4-18(5-3-17)38(26,34)35)15(11-16)12-20-23(33)31-24(37-20)29-22(30-31)14-7-9-27-10-8-14/h1-12H,13H2,(H,28,32)(H2,26,34,35)/b20-12-. The normalized spacial score (nSPS) is 12.1. The molecule has 1 amide bonds. The smallest absolute Gasteiger partial charge is 0.291 e. The van der Waals surface area contributed by atoms with Gasteiger partial charge in [0, 0.05) is 34.2 Å². The van der Waals surface area contributed by atoms with E-state index in [0.29, 0.717) is 37.3 Å². The molecule has 0 bridgehead atoms. The van der Waals surface area contributed by atoms with Crippen LogP contribution in [0, 0.1) is 0 Å². The van der Waals surface area contributed by atoms with Crippen LogP contribution >= 0.6 is 22.9 Å². The number of hydrogen-bond acceptors (Lipinski definition) is 9. The molecule has 0 atom stereocenters. The van der Waals surface area contributed by atoms with Gasteiger partial charge in [-0.3, -0.25) is 14.6 Å². The van der Waals surface area contributed by atoms with Crippen LogP contribution in [0.15, 0.2) is 76.7 Å². The number of carbonyl (C=O) groups is 1. The maximum Gasteiger partial charge on any atom is 0.291 e. The van der Waals surface area contributed by atoms with Crippen LogP contribution in [0.4, 0.5) is 5.69 Å². The summed E-state index contributed by atoms with van der Waals surface area (Å²) in [5.74, 6) is 0.255. The fourth-order valence-corrected chi connectivity index (χ4v) is 5.02. The average Bonchev–Trinajstić information content (AvgIpc) is 3.43. The minimum Gasteiger partial charge on any atom is -0.483 e. The highest BCUT2D eigenvalue weighted by molar-refractivity contribution is 7.89. The SMILES string of the molecule is NS(=O)(=O)c1ccc(NC(=O)COc2ccc(Cl)cc2/C=c2\sc3nc(-c4ccncc4)nn3c2=O)cc1. The molecular weight excluding hydrogens is 552 g/mol. The Hall–Kier alpha value is -4.17. The lowest BCUT2D eigenvalue weighted by Crippen LogP contribution is -2.24. The number of nitrogens with zero attached hydrogens (tertiary/aromatic N) is 4. The predicted molar refractivity (Wildman–Crippen MR) is 143 cm³/mol. The predicted octanol–water partition coefficient (Wildman–Crippen LogP) is 2.08. The van der Waals surface area contributed by atoms with Gasteiger partial charge >= 0.3 is 0 Å². The molecule has 0 aliphatic heterocycles. The van der Waals surface area contributed by atoms with Gasteiger partial charge in [0.1, 0.15) is 5.75 Å². The molecule has 3 heterocycles. The van der Waals surface area contributed by atoms with Crippen molar-refractivity contribution in [2.75, 3.05) is 11.9 Å². The highest BCUT2D eigenvalue weighted by Gasteiger charge is 2.14. The summed E-state index contributed by atoms with van der Waals surface area (Å²) in [5, 5.41) is 12.4. The van der Waals surface area contributed by atoms with Gasteiger partial charge in [-0.2, -0.15) is 9.50 Å². The van der Waals surface area contributed by atoms with Crippen molar-refractivity contribution in [1.29, 1.82) is 0 Å². The zero-order valence-electron chi connectivity index (χ0n) is 19.2. The Kier molecular flexibility index (Phi) is 6.91. The molecule has 0 spiro atoms. The highest BCUT2D eigenvalue weighted by Crippen LogP contribution is 2.24. The van der Waals surface area contributed by atoms with Crippen molar-refractivity contribution < 1.29 is 17.9 Å². The topological polar surface area (TPSA) is 159 Å². The van der Waals surface area contributed by atoms with Gasteiger partial charge in [0.15, 0.2) is 12.4 Å². The molecule has 38 heavy (non-hydrogen) atoms. The number of thiazole rings is 1. The summed E-state index contributed by atoms with van der Waals surface area (Å²) in [7, 11) is -3.84. The number of sulfonamides is 1. The number of fused-ring (bicyclic) bond motifs is 1. The average molecular weight is 569 g/mol. The number of hydrogen-bond donors (Lipinski definition) is 2. The second-order valence-electron chi connectivity index (χ2n) is 7.87. The van der Waals surface area contributed by atoms with E-state index in [2.05, 4.69) is 20.4 Å². The highest BCUT2D eigenvalue weighted by atomic mass is 35.5. The van der Waals surface area contributed by atoms with Crippen LogP contribution in [0.5, 0.6) is 5.75 Å². The Morgan fingerprint density at radius 1 is 1.13 bits per heavy atom. The lowest BCUT2D eigenvalue weighted by Gasteiger charge is -2.10. The lowest BCUT2D eigenvalue weighted by molar-refractivity contribution is -0.118. The van der Waals surface area contributed by atoms with Crippen molar-refractivity contribution in [2.24, 2.45) is 5.14 Å². The van der Waals surface area contributed by atoms with Crippen molar-refractivity contribution >= 4 is 55.6 Å². The van der Waals surface area contributed by atoms with Gasteiger partial charge in [0.05, 0.1) is 9.43 Å². The molecule has 11 nitrogen and oxygen atoms in total. The molecular formula is C24H17ClN6O5S2. The first-order valence-corrected chi connectivity index (χ1v) is 13.6. The summed E-state index contributed by atoms with van der Waals surface area (Å²) in [6.07, 6.45) is 4.83. The lowest BCUT2D eigenvalue weighted by atomic mass is 10.2. The van der Waals surface area contributed by atoms with Crippen LogP contribution in [0.1, 0.15) is 5.56 Å². The van der Waals surface area contributed by atoms with Gasteiger partial charge in [-0.25, -0.2) is 13.6 Å². The Labute approximate surface area is 224 Å². The van der Waals surface area contributed by atoms with Crippen LogP contribution < -0.4 is 25.3 Å². The number of nitrogens with two attached hydrogens (primary N) is 1. The Bertz CT molecular complexity index is 1870. The fourth-order valence-electron chi connectivity index (χ4n) is 3.43. The van der Waals surface area contributed by atoms with Crippen molar-refractivity contribution in [3.63, 3.8) is 0 Å². The Morgan fingerprint density at radius 3 is 2.55 bits per heavy atom. The number of amides is 1. The summed E-state index contributed by atoms with van der Waals surface area (Å²) in [5.41, 5.74) is 1.23. The summed E-state index contributed by atoms with van der Waals surface area (Å²) in [6.45, 7) is -0.353. The molecule has 3 aromatic heterocycles. The van der Waals surface area contributed by atoms with E-state index in [0.717, 1.165) is 16.9 Å². The van der Waals surface area contributed by atoms with Crippen molar-refractivity contribution in [2.45, 2.75) is 4.90 Å². The van der Waals surface area contributed by atoms with Gasteiger partial charge in [-0.1, -0.05) is 22.9 Å². The van der Waals surface area contributed by atoms with Crippen molar-refractivity contribution in [1.82, 2.24) is 19.6 Å². The molecule has 2 aromatic carbocycles. The monoisotopic (exact) mass is 568 g/mol. The number of nitrogens with one attached hydrogen (secondary N) is 1. The van der Waals surface area contributed by atoms with E-state index in [1.807, 2.05) is 0 Å². The number of halogens is 1. The first-order chi connectivity index (χ1) is 18.2. The molecule has 0 saturated carbocycles. The maximum absolute atomic E-state index is 13.0. The first-order valence-electron chi connectivity index (χ1n) is 10.8. The zero-order chi connectivity index (χ0) is 26.9. The second kappa shape index (κ2) is 10.3. The number of anilines is 1. The third kappa shape index (κ3) is 5.55. The van der Waals surface area contributed by atoms with Crippen LogP contribution in [-0.2, 0) is 14.8 Å². The molecule has 192 valence electrons.